The Balaban J connectivity index is 1.10. The summed E-state index contributed by atoms with van der Waals surface area (Å²) >= 11 is 0. The normalized spacial score (nSPS) is 18.9. The highest BCUT2D eigenvalue weighted by Crippen LogP contribution is 2.24. The van der Waals surface area contributed by atoms with Crippen LogP contribution in [0.5, 0.6) is 5.75 Å². The van der Waals surface area contributed by atoms with Crippen LogP contribution in [0, 0.1) is 22.7 Å². The Labute approximate surface area is 224 Å². The lowest BCUT2D eigenvalue weighted by atomic mass is 10.0. The Morgan fingerprint density at radius 1 is 0.921 bits per heavy atom. The van der Waals surface area contributed by atoms with Gasteiger partial charge in [0.2, 0.25) is 0 Å². The minimum Gasteiger partial charge on any atom is -0.490 e. The van der Waals surface area contributed by atoms with Gasteiger partial charge >= 0.3 is 0 Å². The third kappa shape index (κ3) is 6.25. The number of amides is 1. The smallest absolute Gasteiger partial charge is 0.255 e. The highest BCUT2D eigenvalue weighted by Gasteiger charge is 2.28. The molecule has 0 saturated carbocycles. The molecule has 2 aromatic carbocycles. The fourth-order valence-corrected chi connectivity index (χ4v) is 5.50. The van der Waals surface area contributed by atoms with Crippen LogP contribution in [0.2, 0.25) is 0 Å². The van der Waals surface area contributed by atoms with Gasteiger partial charge in [-0.05, 0) is 48.7 Å². The van der Waals surface area contributed by atoms with Gasteiger partial charge in [-0.25, -0.2) is 0 Å². The quantitative estimate of drug-likeness (QED) is 0.582. The van der Waals surface area contributed by atoms with Crippen LogP contribution in [-0.2, 0) is 11.3 Å². The monoisotopic (exact) mass is 507 g/mol. The topological polar surface area (TPSA) is 83.6 Å². The maximum Gasteiger partial charge on any atom is 0.255 e. The van der Waals surface area contributed by atoms with Crippen molar-refractivity contribution in [2.45, 2.75) is 44.4 Å². The molecule has 1 amide bonds. The fourth-order valence-electron chi connectivity index (χ4n) is 5.50. The van der Waals surface area contributed by atoms with Crippen LogP contribution >= 0.6 is 0 Å². The van der Waals surface area contributed by atoms with Crippen molar-refractivity contribution in [1.82, 2.24) is 14.7 Å². The van der Waals surface area contributed by atoms with Crippen LogP contribution in [0.4, 0.5) is 0 Å². The summed E-state index contributed by atoms with van der Waals surface area (Å²) in [5.41, 5.74) is 3.29. The number of likely N-dealkylation sites (tertiary alicyclic amines) is 2. The van der Waals surface area contributed by atoms with E-state index in [4.69, 9.17) is 15.3 Å². The third-order valence-corrected chi connectivity index (χ3v) is 7.68. The van der Waals surface area contributed by atoms with E-state index in [0.717, 1.165) is 57.4 Å². The summed E-state index contributed by atoms with van der Waals surface area (Å²) in [7, 11) is 0. The van der Waals surface area contributed by atoms with Gasteiger partial charge in [-0.2, -0.15) is 10.5 Å². The standard InChI is InChI=1S/C31H33N5O2/c32-20-24-6-8-25(9-7-24)22-34-15-10-28(11-16-34)36-14-2-4-27(23-36)31(37)35-17-12-29(13-18-35)38-30-5-1-3-26(19-30)21-33/h1-9,19,23,28-29H,10-18,22H2. The molecule has 2 saturated heterocycles. The molecule has 0 radical (unpaired) electrons. The predicted octanol–water partition coefficient (Wildman–Crippen LogP) is 4.22. The number of carbonyl (C=O) groups is 1. The van der Waals surface area contributed by atoms with Crippen molar-refractivity contribution in [1.29, 1.82) is 10.5 Å². The summed E-state index contributed by atoms with van der Waals surface area (Å²) in [6.07, 6.45) is 9.88. The zero-order valence-electron chi connectivity index (χ0n) is 21.6. The van der Waals surface area contributed by atoms with Crippen molar-refractivity contribution in [2.24, 2.45) is 0 Å². The van der Waals surface area contributed by atoms with E-state index in [0.29, 0.717) is 36.0 Å². The molecule has 0 aromatic heterocycles. The van der Waals surface area contributed by atoms with Gasteiger partial charge in [0.25, 0.3) is 5.91 Å². The van der Waals surface area contributed by atoms with E-state index < -0.39 is 0 Å². The Hall–Kier alpha value is -4.07. The van der Waals surface area contributed by atoms with Crippen LogP contribution in [0.1, 0.15) is 42.4 Å². The molecule has 0 bridgehead atoms. The van der Waals surface area contributed by atoms with E-state index in [-0.39, 0.29) is 12.0 Å². The SMILES string of the molecule is N#Cc1ccc(CN2CCC(N3C=C(C(=O)N4CCC(Oc5cccc(C#N)c5)CC4)C=CC3)CC2)cc1. The summed E-state index contributed by atoms with van der Waals surface area (Å²) in [6.45, 7) is 5.12. The second-order valence-electron chi connectivity index (χ2n) is 10.2. The molecular weight excluding hydrogens is 474 g/mol. The molecule has 3 heterocycles. The van der Waals surface area contributed by atoms with Crippen molar-refractivity contribution < 1.29 is 9.53 Å². The van der Waals surface area contributed by atoms with Gasteiger partial charge < -0.3 is 14.5 Å². The lowest BCUT2D eigenvalue weighted by Gasteiger charge is -2.39. The zero-order valence-corrected chi connectivity index (χ0v) is 21.6. The first-order chi connectivity index (χ1) is 18.6. The molecule has 0 unspecified atom stereocenters. The third-order valence-electron chi connectivity index (χ3n) is 7.68. The average Bonchev–Trinajstić information content (AvgIpc) is 2.98. The summed E-state index contributed by atoms with van der Waals surface area (Å²) in [4.78, 5) is 20.0. The second-order valence-corrected chi connectivity index (χ2v) is 10.2. The van der Waals surface area contributed by atoms with Crippen molar-refractivity contribution in [3.8, 4) is 17.9 Å². The number of hydrogen-bond acceptors (Lipinski definition) is 6. The molecule has 0 N–H and O–H groups in total. The maximum absolute atomic E-state index is 13.3. The highest BCUT2D eigenvalue weighted by atomic mass is 16.5. The van der Waals surface area contributed by atoms with Crippen molar-refractivity contribution >= 4 is 5.91 Å². The van der Waals surface area contributed by atoms with E-state index in [9.17, 15) is 4.79 Å². The molecule has 2 aromatic rings. The molecule has 0 spiro atoms. The van der Waals surface area contributed by atoms with Crippen LogP contribution in [0.15, 0.2) is 72.5 Å². The molecule has 5 rings (SSSR count). The van der Waals surface area contributed by atoms with Crippen LogP contribution in [-0.4, -0.2) is 65.5 Å². The van der Waals surface area contributed by atoms with Crippen molar-refractivity contribution in [2.75, 3.05) is 32.7 Å². The second kappa shape index (κ2) is 12.0. The number of nitriles is 2. The van der Waals surface area contributed by atoms with Gasteiger partial charge in [0.05, 0.1) is 28.8 Å². The number of nitrogens with zero attached hydrogens (tertiary/aromatic N) is 5. The largest absolute Gasteiger partial charge is 0.490 e. The molecule has 38 heavy (non-hydrogen) atoms. The Morgan fingerprint density at radius 3 is 2.37 bits per heavy atom. The first kappa shape index (κ1) is 25.6. The van der Waals surface area contributed by atoms with Crippen molar-refractivity contribution in [3.63, 3.8) is 0 Å². The molecule has 0 atom stereocenters. The molecule has 7 heteroatoms. The first-order valence-corrected chi connectivity index (χ1v) is 13.4. The summed E-state index contributed by atoms with van der Waals surface area (Å²) in [5.74, 6) is 0.805. The Morgan fingerprint density at radius 2 is 1.66 bits per heavy atom. The van der Waals surface area contributed by atoms with Gasteiger partial charge in [0.1, 0.15) is 11.9 Å². The average molecular weight is 508 g/mol. The molecule has 2 fully saturated rings. The molecule has 3 aliphatic heterocycles. The zero-order chi connectivity index (χ0) is 26.3. The number of ether oxygens (including phenoxy) is 1. The summed E-state index contributed by atoms with van der Waals surface area (Å²) in [5, 5.41) is 18.1. The number of hydrogen-bond donors (Lipinski definition) is 0. The molecule has 194 valence electrons. The number of carbonyl (C=O) groups excluding carboxylic acids is 1. The van der Waals surface area contributed by atoms with Gasteiger partial charge in [0, 0.05) is 64.4 Å². The summed E-state index contributed by atoms with van der Waals surface area (Å²) < 4.78 is 6.08. The first-order valence-electron chi connectivity index (χ1n) is 13.4. The van der Waals surface area contributed by atoms with Gasteiger partial charge in [-0.3, -0.25) is 9.69 Å². The Bertz CT molecular complexity index is 1270. The van der Waals surface area contributed by atoms with E-state index in [1.807, 2.05) is 47.4 Å². The highest BCUT2D eigenvalue weighted by molar-refractivity contribution is 5.96. The minimum absolute atomic E-state index is 0.0508. The molecule has 7 nitrogen and oxygen atoms in total. The summed E-state index contributed by atoms with van der Waals surface area (Å²) in [6, 6.07) is 19.9. The predicted molar refractivity (Wildman–Crippen MR) is 145 cm³/mol. The van der Waals surface area contributed by atoms with E-state index >= 15 is 0 Å². The Kier molecular flexibility index (Phi) is 8.06. The van der Waals surface area contributed by atoms with Gasteiger partial charge in [0.15, 0.2) is 0 Å². The molecule has 3 aliphatic rings. The van der Waals surface area contributed by atoms with Gasteiger partial charge in [-0.15, -0.1) is 0 Å². The van der Waals surface area contributed by atoms with Gasteiger partial charge in [-0.1, -0.05) is 30.4 Å². The van der Waals surface area contributed by atoms with E-state index in [2.05, 4.69) is 34.2 Å². The van der Waals surface area contributed by atoms with Crippen LogP contribution < -0.4 is 4.74 Å². The van der Waals surface area contributed by atoms with Crippen molar-refractivity contribution in [3.05, 3.63) is 89.1 Å². The van der Waals surface area contributed by atoms with Crippen LogP contribution in [0.25, 0.3) is 0 Å². The number of rotatable bonds is 6. The fraction of sp³-hybridized carbons (Fsp3) is 0.387. The number of piperidine rings is 2. The van der Waals surface area contributed by atoms with E-state index in [1.54, 1.807) is 12.1 Å². The minimum atomic E-state index is 0.0508. The van der Waals surface area contributed by atoms with Crippen LogP contribution in [0.3, 0.4) is 0 Å². The maximum atomic E-state index is 13.3. The lowest BCUT2D eigenvalue weighted by Crippen LogP contribution is -2.45. The van der Waals surface area contributed by atoms with E-state index in [1.165, 1.54) is 5.56 Å². The lowest BCUT2D eigenvalue weighted by molar-refractivity contribution is -0.128. The number of benzene rings is 2. The molecular formula is C31H33N5O2. The molecule has 0 aliphatic carbocycles.